The molecule has 14 heteroatoms. The highest BCUT2D eigenvalue weighted by molar-refractivity contribution is 5.76. The summed E-state index contributed by atoms with van der Waals surface area (Å²) in [4.78, 5) is 13.1. The molecule has 14 nitrogen and oxygen atoms in total. The minimum absolute atomic E-state index is 0.236. The van der Waals surface area contributed by atoms with E-state index in [0.717, 1.165) is 83.5 Å². The van der Waals surface area contributed by atoms with Crippen LogP contribution in [0.2, 0.25) is 0 Å². The number of unbranched alkanes of at least 4 members (excludes halogenated alkanes) is 7. The molecular weight excluding hydrogens is 799 g/mol. The Morgan fingerprint density at radius 3 is 1.74 bits per heavy atom. The monoisotopic (exact) mass is 878 g/mol. The standard InChI is InChI=1S/C48H79NO13/c1-3-5-7-9-11-13-15-16-17-18-19-20-22-24-26-28-30-32-40(53)49-36(37(52)31-29-27-25-23-21-14-12-10-8-6-4-2)35-59-47-45(58)43(56)46(39(34-51)61-47)62-48-44(57)42(55)41(54)38(33-50)60-48/h5,7-8,10-11,13,16-17,19-21,23,29,31,36-39,41-48,50-52,54-58H,3-4,6,9,12,14-15,18,22,24-28,30,32-35H2,1-2H3,(H,49,53)/b7-5-,10-8+,13-11-,17-16-,20-19-,23-21+,31-29+. The zero-order chi connectivity index (χ0) is 45.4. The second-order valence-electron chi connectivity index (χ2n) is 15.8. The molecule has 2 saturated heterocycles. The lowest BCUT2D eigenvalue weighted by Crippen LogP contribution is -2.65. The maximum atomic E-state index is 13.1. The highest BCUT2D eigenvalue weighted by atomic mass is 16.7. The molecule has 0 saturated carbocycles. The molecule has 0 aromatic heterocycles. The number of aliphatic hydroxyl groups excluding tert-OH is 8. The molecule has 1 amide bonds. The van der Waals surface area contributed by atoms with Crippen LogP contribution in [0.5, 0.6) is 0 Å². The van der Waals surface area contributed by atoms with E-state index in [1.165, 1.54) is 0 Å². The van der Waals surface area contributed by atoms with Crippen molar-refractivity contribution in [1.29, 1.82) is 0 Å². The maximum absolute atomic E-state index is 13.1. The van der Waals surface area contributed by atoms with Gasteiger partial charge in [-0.05, 0) is 77.0 Å². The van der Waals surface area contributed by atoms with E-state index in [1.807, 2.05) is 6.08 Å². The van der Waals surface area contributed by atoms with Crippen LogP contribution in [0.1, 0.15) is 117 Å². The minimum atomic E-state index is -1.80. The van der Waals surface area contributed by atoms with Crippen LogP contribution in [0.3, 0.4) is 0 Å². The van der Waals surface area contributed by atoms with Gasteiger partial charge in [0.1, 0.15) is 48.8 Å². The molecule has 354 valence electrons. The quantitative estimate of drug-likeness (QED) is 0.0332. The molecule has 2 aliphatic rings. The van der Waals surface area contributed by atoms with Gasteiger partial charge in [-0.15, -0.1) is 0 Å². The fourth-order valence-corrected chi connectivity index (χ4v) is 6.79. The zero-order valence-electron chi connectivity index (χ0n) is 37.1. The van der Waals surface area contributed by atoms with Crippen LogP contribution in [0.15, 0.2) is 85.1 Å². The van der Waals surface area contributed by atoms with Gasteiger partial charge in [0, 0.05) is 6.42 Å². The van der Waals surface area contributed by atoms with Gasteiger partial charge in [0.25, 0.3) is 0 Å². The number of allylic oxidation sites excluding steroid dienone is 13. The molecule has 12 unspecified atom stereocenters. The number of hydrogen-bond donors (Lipinski definition) is 9. The number of hydrogen-bond acceptors (Lipinski definition) is 13. The van der Waals surface area contributed by atoms with Gasteiger partial charge in [-0.3, -0.25) is 4.79 Å². The zero-order valence-corrected chi connectivity index (χ0v) is 37.1. The first-order chi connectivity index (χ1) is 30.1. The summed E-state index contributed by atoms with van der Waals surface area (Å²) in [5.74, 6) is -0.285. The van der Waals surface area contributed by atoms with Crippen molar-refractivity contribution in [2.24, 2.45) is 0 Å². The molecule has 2 rings (SSSR count). The number of carbonyl (C=O) groups is 1. The average molecular weight is 878 g/mol. The Bertz CT molecular complexity index is 1360. The number of amides is 1. The van der Waals surface area contributed by atoms with Gasteiger partial charge in [0.05, 0.1) is 32.0 Å². The second-order valence-corrected chi connectivity index (χ2v) is 15.8. The highest BCUT2D eigenvalue weighted by Gasteiger charge is 2.50. The fraction of sp³-hybridized carbons (Fsp3) is 0.688. The van der Waals surface area contributed by atoms with Crippen molar-refractivity contribution in [3.8, 4) is 0 Å². The van der Waals surface area contributed by atoms with Crippen molar-refractivity contribution >= 4 is 5.91 Å². The highest BCUT2D eigenvalue weighted by Crippen LogP contribution is 2.29. The largest absolute Gasteiger partial charge is 0.394 e. The van der Waals surface area contributed by atoms with Crippen molar-refractivity contribution in [3.63, 3.8) is 0 Å². The molecule has 62 heavy (non-hydrogen) atoms. The number of nitrogens with one attached hydrogen (secondary N) is 1. The van der Waals surface area contributed by atoms with E-state index in [1.54, 1.807) is 6.08 Å². The van der Waals surface area contributed by atoms with E-state index in [4.69, 9.17) is 18.9 Å². The van der Waals surface area contributed by atoms with E-state index in [2.05, 4.69) is 92.1 Å². The van der Waals surface area contributed by atoms with Crippen LogP contribution in [-0.4, -0.2) is 140 Å². The van der Waals surface area contributed by atoms with E-state index >= 15 is 0 Å². The lowest BCUT2D eigenvalue weighted by molar-refractivity contribution is -0.359. The molecule has 2 heterocycles. The Kier molecular flexibility index (Phi) is 30.8. The Morgan fingerprint density at radius 1 is 0.597 bits per heavy atom. The Balaban J connectivity index is 1.91. The maximum Gasteiger partial charge on any atom is 0.220 e. The van der Waals surface area contributed by atoms with Crippen molar-refractivity contribution in [2.45, 2.75) is 190 Å². The summed E-state index contributed by atoms with van der Waals surface area (Å²) in [6.45, 7) is 2.50. The summed E-state index contributed by atoms with van der Waals surface area (Å²) in [7, 11) is 0. The molecule has 12 atom stereocenters. The molecule has 0 spiro atoms. The van der Waals surface area contributed by atoms with Crippen LogP contribution >= 0.6 is 0 Å². The first kappa shape index (κ1) is 55.3. The first-order valence-electron chi connectivity index (χ1n) is 22.8. The van der Waals surface area contributed by atoms with E-state index < -0.39 is 86.8 Å². The summed E-state index contributed by atoms with van der Waals surface area (Å²) in [6, 6.07) is -0.953. The smallest absolute Gasteiger partial charge is 0.220 e. The average Bonchev–Trinajstić information content (AvgIpc) is 3.27. The van der Waals surface area contributed by atoms with E-state index in [9.17, 15) is 45.6 Å². The lowest BCUT2D eigenvalue weighted by atomic mass is 9.97. The second kappa shape index (κ2) is 34.6. The Morgan fingerprint density at radius 2 is 1.13 bits per heavy atom. The third kappa shape index (κ3) is 22.2. The third-order valence-corrected chi connectivity index (χ3v) is 10.5. The lowest BCUT2D eigenvalue weighted by Gasteiger charge is -2.46. The molecular formula is C48H79NO13. The number of aliphatic hydroxyl groups is 8. The Hall–Kier alpha value is -2.83. The number of ether oxygens (including phenoxy) is 4. The molecule has 0 radical (unpaired) electrons. The predicted molar refractivity (Wildman–Crippen MR) is 239 cm³/mol. The normalized spacial score (nSPS) is 28.5. The van der Waals surface area contributed by atoms with Crippen LogP contribution in [0, 0.1) is 0 Å². The van der Waals surface area contributed by atoms with E-state index in [-0.39, 0.29) is 18.9 Å². The number of rotatable bonds is 32. The topological polar surface area (TPSA) is 228 Å². The van der Waals surface area contributed by atoms with Crippen molar-refractivity contribution in [1.82, 2.24) is 5.32 Å². The molecule has 9 N–H and O–H groups in total. The predicted octanol–water partition coefficient (Wildman–Crippen LogP) is 4.65. The van der Waals surface area contributed by atoms with Gasteiger partial charge >= 0.3 is 0 Å². The summed E-state index contributed by atoms with van der Waals surface area (Å²) < 4.78 is 22.6. The molecule has 2 fully saturated rings. The van der Waals surface area contributed by atoms with Gasteiger partial charge in [-0.2, -0.15) is 0 Å². The van der Waals surface area contributed by atoms with Crippen LogP contribution < -0.4 is 5.32 Å². The van der Waals surface area contributed by atoms with Crippen molar-refractivity contribution in [2.75, 3.05) is 19.8 Å². The van der Waals surface area contributed by atoms with Gasteiger partial charge < -0.3 is 65.1 Å². The van der Waals surface area contributed by atoms with Crippen LogP contribution in [0.25, 0.3) is 0 Å². The molecule has 0 aromatic rings. The molecule has 2 aliphatic heterocycles. The molecule has 0 aromatic carbocycles. The van der Waals surface area contributed by atoms with Crippen molar-refractivity contribution < 1.29 is 64.6 Å². The van der Waals surface area contributed by atoms with Gasteiger partial charge in [0.15, 0.2) is 12.6 Å². The fourth-order valence-electron chi connectivity index (χ4n) is 6.79. The van der Waals surface area contributed by atoms with Gasteiger partial charge in [-0.1, -0.05) is 118 Å². The summed E-state index contributed by atoms with van der Waals surface area (Å²) in [5.41, 5.74) is 0. The van der Waals surface area contributed by atoms with Gasteiger partial charge in [0.2, 0.25) is 5.91 Å². The third-order valence-electron chi connectivity index (χ3n) is 10.5. The summed E-state index contributed by atoms with van der Waals surface area (Å²) in [6.07, 6.45) is 26.4. The summed E-state index contributed by atoms with van der Waals surface area (Å²) in [5, 5.41) is 86.4. The summed E-state index contributed by atoms with van der Waals surface area (Å²) >= 11 is 0. The molecule has 0 bridgehead atoms. The SMILES string of the molecule is CC/C=C\C/C=C\C/C=C\C/C=C\CCCCCCC(=O)NC(COC1OC(CO)C(OC2OC(CO)C(O)C(O)C2O)C(O)C1O)C(O)/C=C/CC/C=C/CC/C=C/CCC. The van der Waals surface area contributed by atoms with Gasteiger partial charge in [-0.25, -0.2) is 0 Å². The van der Waals surface area contributed by atoms with Crippen LogP contribution in [-0.2, 0) is 23.7 Å². The van der Waals surface area contributed by atoms with Crippen LogP contribution in [0.4, 0.5) is 0 Å². The van der Waals surface area contributed by atoms with Crippen molar-refractivity contribution in [3.05, 3.63) is 85.1 Å². The molecule has 0 aliphatic carbocycles. The first-order valence-corrected chi connectivity index (χ1v) is 22.8. The minimum Gasteiger partial charge on any atom is -0.394 e. The Labute approximate surface area is 370 Å². The van der Waals surface area contributed by atoms with E-state index in [0.29, 0.717) is 12.8 Å². The number of carbonyl (C=O) groups excluding carboxylic acids is 1.